The van der Waals surface area contributed by atoms with Crippen molar-refractivity contribution in [2.45, 2.75) is 12.8 Å². The Morgan fingerprint density at radius 3 is 2.64 bits per heavy atom. The van der Waals surface area contributed by atoms with Crippen LogP contribution < -0.4 is 5.32 Å². The van der Waals surface area contributed by atoms with E-state index in [2.05, 4.69) is 27.8 Å². The van der Waals surface area contributed by atoms with Gasteiger partial charge in [0.1, 0.15) is 0 Å². The number of hydrogen-bond donors (Lipinski definition) is 2. The summed E-state index contributed by atoms with van der Waals surface area (Å²) < 4.78 is 0.964. The van der Waals surface area contributed by atoms with Crippen LogP contribution in [0.25, 0.3) is 0 Å². The average Bonchev–Trinajstić information content (AvgIpc) is 2.69. The summed E-state index contributed by atoms with van der Waals surface area (Å²) in [5.74, 6) is 0. The second kappa shape index (κ2) is 3.70. The third-order valence-corrected chi connectivity index (χ3v) is 2.39. The molecule has 0 amide bonds. The highest BCUT2D eigenvalue weighted by molar-refractivity contribution is 9.11. The fraction of sp³-hybridized carbons (Fsp3) is 0.750. The first-order valence-electron chi connectivity index (χ1n) is 3.83. The average molecular weight is 220 g/mol. The Morgan fingerprint density at radius 1 is 1.64 bits per heavy atom. The molecular weight excluding hydrogens is 206 g/mol. The minimum atomic E-state index is 0.211. The van der Waals surface area contributed by atoms with Gasteiger partial charge in [0.05, 0.1) is 0 Å². The number of nitrogens with one attached hydrogen (secondary N) is 1. The molecule has 11 heavy (non-hydrogen) atoms. The molecular formula is C8H14BrNO. The van der Waals surface area contributed by atoms with Crippen LogP contribution in [0.15, 0.2) is 11.1 Å². The molecule has 64 valence electrons. The minimum absolute atomic E-state index is 0.211. The molecule has 0 aromatic heterocycles. The third-order valence-electron chi connectivity index (χ3n) is 2.11. The van der Waals surface area contributed by atoms with Crippen LogP contribution in [0.1, 0.15) is 12.8 Å². The van der Waals surface area contributed by atoms with E-state index in [9.17, 15) is 0 Å². The van der Waals surface area contributed by atoms with E-state index in [-0.39, 0.29) is 5.41 Å². The van der Waals surface area contributed by atoms with Crippen molar-refractivity contribution in [1.29, 1.82) is 0 Å². The van der Waals surface area contributed by atoms with Crippen LogP contribution in [-0.2, 0) is 0 Å². The summed E-state index contributed by atoms with van der Waals surface area (Å²) in [6.45, 7) is 5.73. The van der Waals surface area contributed by atoms with Crippen molar-refractivity contribution in [2.24, 2.45) is 5.41 Å². The maximum absolute atomic E-state index is 8.95. The Hall–Kier alpha value is 0.140. The number of rotatable bonds is 5. The van der Waals surface area contributed by atoms with Crippen molar-refractivity contribution in [2.75, 3.05) is 19.7 Å². The number of aliphatic hydroxyl groups is 1. The lowest BCUT2D eigenvalue weighted by atomic mass is 10.1. The van der Waals surface area contributed by atoms with Gasteiger partial charge in [-0.15, -0.1) is 0 Å². The highest BCUT2D eigenvalue weighted by Crippen LogP contribution is 2.44. The number of halogens is 1. The van der Waals surface area contributed by atoms with Gasteiger partial charge in [-0.25, -0.2) is 0 Å². The quantitative estimate of drug-likeness (QED) is 0.730. The number of hydrogen-bond acceptors (Lipinski definition) is 2. The van der Waals surface area contributed by atoms with E-state index < -0.39 is 0 Å². The maximum atomic E-state index is 8.95. The van der Waals surface area contributed by atoms with Gasteiger partial charge < -0.3 is 10.4 Å². The standard InChI is InChI=1S/C8H14BrNO/c1-7(9)4-10-5-8(6-11)2-3-8/h10-11H,1-6H2. The minimum Gasteiger partial charge on any atom is -0.396 e. The van der Waals surface area contributed by atoms with Gasteiger partial charge in [-0.2, -0.15) is 0 Å². The van der Waals surface area contributed by atoms with Gasteiger partial charge in [0, 0.05) is 29.6 Å². The molecule has 0 unspecified atom stereocenters. The van der Waals surface area contributed by atoms with Crippen molar-refractivity contribution < 1.29 is 5.11 Å². The normalized spacial score (nSPS) is 19.8. The highest BCUT2D eigenvalue weighted by Gasteiger charge is 2.41. The predicted octanol–water partition coefficient (Wildman–Crippen LogP) is 1.26. The van der Waals surface area contributed by atoms with E-state index in [0.29, 0.717) is 6.61 Å². The molecule has 0 aromatic carbocycles. The smallest absolute Gasteiger partial charge is 0.0499 e. The van der Waals surface area contributed by atoms with E-state index in [0.717, 1.165) is 30.4 Å². The topological polar surface area (TPSA) is 32.3 Å². The molecule has 1 saturated carbocycles. The van der Waals surface area contributed by atoms with Crippen LogP contribution >= 0.6 is 15.9 Å². The summed E-state index contributed by atoms with van der Waals surface area (Å²) in [6.07, 6.45) is 2.32. The van der Waals surface area contributed by atoms with Gasteiger partial charge in [0.2, 0.25) is 0 Å². The predicted molar refractivity (Wildman–Crippen MR) is 49.7 cm³/mol. The lowest BCUT2D eigenvalue weighted by molar-refractivity contribution is 0.209. The molecule has 0 aromatic rings. The maximum Gasteiger partial charge on any atom is 0.0499 e. The van der Waals surface area contributed by atoms with Gasteiger partial charge in [0.15, 0.2) is 0 Å². The monoisotopic (exact) mass is 219 g/mol. The van der Waals surface area contributed by atoms with Gasteiger partial charge in [0.25, 0.3) is 0 Å². The lowest BCUT2D eigenvalue weighted by Gasteiger charge is -2.11. The van der Waals surface area contributed by atoms with Gasteiger partial charge >= 0.3 is 0 Å². The second-order valence-electron chi connectivity index (χ2n) is 3.28. The second-order valence-corrected chi connectivity index (χ2v) is 4.40. The van der Waals surface area contributed by atoms with E-state index >= 15 is 0 Å². The summed E-state index contributed by atoms with van der Waals surface area (Å²) >= 11 is 3.26. The van der Waals surface area contributed by atoms with Crippen molar-refractivity contribution >= 4 is 15.9 Å². The van der Waals surface area contributed by atoms with Crippen LogP contribution in [0.4, 0.5) is 0 Å². The molecule has 0 saturated heterocycles. The van der Waals surface area contributed by atoms with Crippen molar-refractivity contribution in [3.63, 3.8) is 0 Å². The van der Waals surface area contributed by atoms with Crippen molar-refractivity contribution in [1.82, 2.24) is 5.32 Å². The molecule has 0 spiro atoms. The number of aliphatic hydroxyl groups excluding tert-OH is 1. The SMILES string of the molecule is C=C(Br)CNCC1(CO)CC1. The van der Waals surface area contributed by atoms with Gasteiger partial charge in [-0.3, -0.25) is 0 Å². The fourth-order valence-electron chi connectivity index (χ4n) is 1.03. The first kappa shape index (κ1) is 9.23. The van der Waals surface area contributed by atoms with Crippen molar-refractivity contribution in [3.8, 4) is 0 Å². The summed E-state index contributed by atoms with van der Waals surface area (Å²) in [5, 5.41) is 12.2. The van der Waals surface area contributed by atoms with E-state index in [4.69, 9.17) is 5.11 Å². The molecule has 1 aliphatic rings. The van der Waals surface area contributed by atoms with Gasteiger partial charge in [-0.1, -0.05) is 22.5 Å². The molecule has 0 heterocycles. The first-order valence-corrected chi connectivity index (χ1v) is 4.63. The molecule has 0 radical (unpaired) electrons. The summed E-state index contributed by atoms with van der Waals surface area (Å²) in [6, 6.07) is 0. The van der Waals surface area contributed by atoms with Crippen LogP contribution in [0.3, 0.4) is 0 Å². The van der Waals surface area contributed by atoms with E-state index in [1.807, 2.05) is 0 Å². The van der Waals surface area contributed by atoms with Gasteiger partial charge in [-0.05, 0) is 12.8 Å². The summed E-state index contributed by atoms with van der Waals surface area (Å²) in [5.41, 5.74) is 0.211. The molecule has 2 nitrogen and oxygen atoms in total. The van der Waals surface area contributed by atoms with Crippen molar-refractivity contribution in [3.05, 3.63) is 11.1 Å². The molecule has 1 fully saturated rings. The largest absolute Gasteiger partial charge is 0.396 e. The van der Waals surface area contributed by atoms with E-state index in [1.54, 1.807) is 0 Å². The Labute approximate surface area is 75.8 Å². The molecule has 3 heteroatoms. The molecule has 1 rings (SSSR count). The highest BCUT2D eigenvalue weighted by atomic mass is 79.9. The van der Waals surface area contributed by atoms with Crippen LogP contribution in [0.2, 0.25) is 0 Å². The van der Waals surface area contributed by atoms with Crippen LogP contribution in [0, 0.1) is 5.41 Å². The zero-order valence-electron chi connectivity index (χ0n) is 6.57. The van der Waals surface area contributed by atoms with Crippen LogP contribution in [-0.4, -0.2) is 24.8 Å². The fourth-order valence-corrected chi connectivity index (χ4v) is 1.23. The third kappa shape index (κ3) is 2.93. The summed E-state index contributed by atoms with van der Waals surface area (Å²) in [4.78, 5) is 0. The zero-order valence-corrected chi connectivity index (χ0v) is 8.15. The Balaban J connectivity index is 2.07. The first-order chi connectivity index (χ1) is 5.18. The van der Waals surface area contributed by atoms with E-state index in [1.165, 1.54) is 0 Å². The molecule has 0 atom stereocenters. The lowest BCUT2D eigenvalue weighted by Crippen LogP contribution is -2.27. The zero-order chi connectivity index (χ0) is 8.32. The Bertz CT molecular complexity index is 154. The molecule has 1 aliphatic carbocycles. The van der Waals surface area contributed by atoms with Crippen LogP contribution in [0.5, 0.6) is 0 Å². The molecule has 0 bridgehead atoms. The molecule has 0 aliphatic heterocycles. The Morgan fingerprint density at radius 2 is 2.27 bits per heavy atom. The Kier molecular flexibility index (Phi) is 3.10. The summed E-state index contributed by atoms with van der Waals surface area (Å²) in [7, 11) is 0. The molecule has 2 N–H and O–H groups in total.